The molecule has 2 fully saturated rings. The third kappa shape index (κ3) is 5.00. The van der Waals surface area contributed by atoms with E-state index >= 15 is 0 Å². The third-order valence-electron chi connectivity index (χ3n) is 5.65. The molecule has 3 heterocycles. The minimum absolute atomic E-state index is 0.315. The van der Waals surface area contributed by atoms with E-state index in [0.717, 1.165) is 51.3 Å². The van der Waals surface area contributed by atoms with Crippen molar-refractivity contribution < 1.29 is 4.79 Å². The van der Waals surface area contributed by atoms with E-state index < -0.39 is 0 Å². The van der Waals surface area contributed by atoms with E-state index in [2.05, 4.69) is 40.6 Å². The van der Waals surface area contributed by atoms with Crippen molar-refractivity contribution in [2.24, 2.45) is 5.92 Å². The van der Waals surface area contributed by atoms with Gasteiger partial charge in [-0.2, -0.15) is 0 Å². The van der Waals surface area contributed by atoms with Gasteiger partial charge in [0.05, 0.1) is 0 Å². The van der Waals surface area contributed by atoms with Crippen LogP contribution in [0.3, 0.4) is 0 Å². The normalized spacial score (nSPS) is 27.6. The van der Waals surface area contributed by atoms with Gasteiger partial charge in [-0.05, 0) is 38.3 Å². The fraction of sp³-hybridized carbons (Fsp3) is 0.684. The predicted molar refractivity (Wildman–Crippen MR) is 98.9 cm³/mol. The Kier molecular flexibility index (Phi) is 6.39. The molecule has 138 valence electrons. The second-order valence-corrected chi connectivity index (χ2v) is 7.36. The molecule has 0 bridgehead atoms. The fourth-order valence-electron chi connectivity index (χ4n) is 3.90. The Balaban J connectivity index is 1.36. The summed E-state index contributed by atoms with van der Waals surface area (Å²) in [5.41, 5.74) is 7.68. The maximum atomic E-state index is 12.5. The standard InChI is InChI=1S/C19H31N5O/c1-15-18(16(2)22-21-15)6-7-19(25)24-13-11-23(12-14-24)10-8-17-5-3-4-9-20-17/h3-5,9,15-16,18,21-22H,6-8,10-14H2,1-2H3. The fourth-order valence-corrected chi connectivity index (χ4v) is 3.90. The highest BCUT2D eigenvalue weighted by Gasteiger charge is 2.30. The number of carbonyl (C=O) groups excluding carboxylic acids is 1. The molecule has 0 saturated carbocycles. The molecule has 2 aliphatic rings. The summed E-state index contributed by atoms with van der Waals surface area (Å²) in [6.45, 7) is 9.04. The predicted octanol–water partition coefficient (Wildman–Crippen LogP) is 1.05. The van der Waals surface area contributed by atoms with Crippen molar-refractivity contribution in [1.82, 2.24) is 25.6 Å². The first-order valence-corrected chi connectivity index (χ1v) is 9.54. The van der Waals surface area contributed by atoms with E-state index in [1.807, 2.05) is 23.2 Å². The molecule has 2 aliphatic heterocycles. The van der Waals surface area contributed by atoms with Crippen molar-refractivity contribution >= 4 is 5.91 Å². The Morgan fingerprint density at radius 1 is 1.16 bits per heavy atom. The molecule has 0 aromatic carbocycles. The van der Waals surface area contributed by atoms with Crippen LogP contribution in [0, 0.1) is 5.92 Å². The summed E-state index contributed by atoms with van der Waals surface area (Å²) < 4.78 is 0. The minimum atomic E-state index is 0.315. The number of rotatable bonds is 6. The Hall–Kier alpha value is -1.50. The zero-order valence-electron chi connectivity index (χ0n) is 15.4. The summed E-state index contributed by atoms with van der Waals surface area (Å²) in [4.78, 5) is 21.4. The van der Waals surface area contributed by atoms with Crippen LogP contribution in [0.1, 0.15) is 32.4 Å². The summed E-state index contributed by atoms with van der Waals surface area (Å²) in [7, 11) is 0. The topological polar surface area (TPSA) is 60.5 Å². The molecule has 25 heavy (non-hydrogen) atoms. The SMILES string of the molecule is CC1NNC(C)C1CCC(=O)N1CCN(CCc2ccccn2)CC1. The number of aromatic nitrogens is 1. The van der Waals surface area contributed by atoms with Gasteiger partial charge in [-0.3, -0.25) is 25.5 Å². The van der Waals surface area contributed by atoms with Crippen molar-refractivity contribution in [3.63, 3.8) is 0 Å². The Bertz CT molecular complexity index is 534. The second-order valence-electron chi connectivity index (χ2n) is 7.36. The van der Waals surface area contributed by atoms with Crippen molar-refractivity contribution in [2.75, 3.05) is 32.7 Å². The lowest BCUT2D eigenvalue weighted by Crippen LogP contribution is -2.49. The number of carbonyl (C=O) groups is 1. The molecular formula is C19H31N5O. The average Bonchev–Trinajstić information content (AvgIpc) is 2.97. The quantitative estimate of drug-likeness (QED) is 0.807. The van der Waals surface area contributed by atoms with Gasteiger partial charge in [0, 0.05) is 69.5 Å². The lowest BCUT2D eigenvalue weighted by Gasteiger charge is -2.35. The first-order chi connectivity index (χ1) is 12.1. The van der Waals surface area contributed by atoms with Crippen molar-refractivity contribution in [2.45, 2.75) is 45.2 Å². The molecule has 1 aromatic heterocycles. The van der Waals surface area contributed by atoms with Crippen LogP contribution >= 0.6 is 0 Å². The molecule has 2 saturated heterocycles. The van der Waals surface area contributed by atoms with Crippen LogP contribution in [-0.2, 0) is 11.2 Å². The van der Waals surface area contributed by atoms with Crippen LogP contribution in [0.2, 0.25) is 0 Å². The molecule has 3 rings (SSSR count). The largest absolute Gasteiger partial charge is 0.340 e. The minimum Gasteiger partial charge on any atom is -0.340 e. The van der Waals surface area contributed by atoms with E-state index in [1.165, 1.54) is 0 Å². The van der Waals surface area contributed by atoms with Crippen molar-refractivity contribution in [3.8, 4) is 0 Å². The van der Waals surface area contributed by atoms with Crippen LogP contribution in [0.25, 0.3) is 0 Å². The van der Waals surface area contributed by atoms with Crippen LogP contribution in [0.5, 0.6) is 0 Å². The summed E-state index contributed by atoms with van der Waals surface area (Å²) in [6.07, 6.45) is 4.45. The first kappa shape index (κ1) is 18.3. The highest BCUT2D eigenvalue weighted by molar-refractivity contribution is 5.76. The zero-order chi connectivity index (χ0) is 17.6. The van der Waals surface area contributed by atoms with E-state index in [4.69, 9.17) is 0 Å². The molecule has 2 atom stereocenters. The van der Waals surface area contributed by atoms with Crippen molar-refractivity contribution in [3.05, 3.63) is 30.1 Å². The maximum Gasteiger partial charge on any atom is 0.222 e. The Labute approximate surface area is 150 Å². The van der Waals surface area contributed by atoms with Gasteiger partial charge in [-0.15, -0.1) is 0 Å². The van der Waals surface area contributed by atoms with Gasteiger partial charge < -0.3 is 4.90 Å². The second kappa shape index (κ2) is 8.74. The van der Waals surface area contributed by atoms with Gasteiger partial charge in [0.2, 0.25) is 5.91 Å². The van der Waals surface area contributed by atoms with Gasteiger partial charge >= 0.3 is 0 Å². The smallest absolute Gasteiger partial charge is 0.222 e. The molecule has 6 heteroatoms. The van der Waals surface area contributed by atoms with Crippen LogP contribution in [-0.4, -0.2) is 65.5 Å². The molecule has 0 spiro atoms. The number of nitrogens with one attached hydrogen (secondary N) is 2. The van der Waals surface area contributed by atoms with E-state index in [9.17, 15) is 4.79 Å². The summed E-state index contributed by atoms with van der Waals surface area (Å²) in [6, 6.07) is 6.94. The molecule has 2 unspecified atom stereocenters. The monoisotopic (exact) mass is 345 g/mol. The van der Waals surface area contributed by atoms with Gasteiger partial charge in [-0.25, -0.2) is 0 Å². The number of hydrogen-bond acceptors (Lipinski definition) is 5. The molecule has 6 nitrogen and oxygen atoms in total. The zero-order valence-corrected chi connectivity index (χ0v) is 15.4. The summed E-state index contributed by atoms with van der Waals surface area (Å²) in [5.74, 6) is 0.847. The van der Waals surface area contributed by atoms with Gasteiger partial charge in [-0.1, -0.05) is 6.07 Å². The van der Waals surface area contributed by atoms with Crippen LogP contribution < -0.4 is 10.9 Å². The third-order valence-corrected chi connectivity index (χ3v) is 5.65. The number of amides is 1. The molecule has 1 aromatic rings. The Morgan fingerprint density at radius 3 is 2.52 bits per heavy atom. The molecular weight excluding hydrogens is 314 g/mol. The van der Waals surface area contributed by atoms with Crippen LogP contribution in [0.4, 0.5) is 0 Å². The molecule has 0 aliphatic carbocycles. The number of pyridine rings is 1. The van der Waals surface area contributed by atoms with Crippen LogP contribution in [0.15, 0.2) is 24.4 Å². The highest BCUT2D eigenvalue weighted by Crippen LogP contribution is 2.20. The number of hydrazine groups is 1. The summed E-state index contributed by atoms with van der Waals surface area (Å²) >= 11 is 0. The molecule has 1 amide bonds. The number of piperazine rings is 1. The molecule has 2 N–H and O–H groups in total. The lowest BCUT2D eigenvalue weighted by atomic mass is 9.91. The van der Waals surface area contributed by atoms with Gasteiger partial charge in [0.15, 0.2) is 0 Å². The van der Waals surface area contributed by atoms with Crippen molar-refractivity contribution in [1.29, 1.82) is 0 Å². The number of nitrogens with zero attached hydrogens (tertiary/aromatic N) is 3. The first-order valence-electron chi connectivity index (χ1n) is 9.54. The van der Waals surface area contributed by atoms with Gasteiger partial charge in [0.1, 0.15) is 0 Å². The van der Waals surface area contributed by atoms with Gasteiger partial charge in [0.25, 0.3) is 0 Å². The maximum absolute atomic E-state index is 12.5. The Morgan fingerprint density at radius 2 is 1.88 bits per heavy atom. The highest BCUT2D eigenvalue weighted by atomic mass is 16.2. The molecule has 0 radical (unpaired) electrons. The average molecular weight is 345 g/mol. The van der Waals surface area contributed by atoms with E-state index in [1.54, 1.807) is 0 Å². The van der Waals surface area contributed by atoms with E-state index in [0.29, 0.717) is 30.3 Å². The lowest BCUT2D eigenvalue weighted by molar-refractivity contribution is -0.133. The van der Waals surface area contributed by atoms with E-state index in [-0.39, 0.29) is 0 Å². The number of hydrogen-bond donors (Lipinski definition) is 2. The summed E-state index contributed by atoms with van der Waals surface area (Å²) in [5, 5.41) is 0.